The molecular formula is C13H22O2. The first-order chi connectivity index (χ1) is 7.18. The molecule has 2 nitrogen and oxygen atoms in total. The first-order valence-corrected chi connectivity index (χ1v) is 6.39. The first kappa shape index (κ1) is 11.0. The minimum absolute atomic E-state index is 0.0628. The summed E-state index contributed by atoms with van der Waals surface area (Å²) in [6.45, 7) is 4.41. The number of ether oxygens (including phenoxy) is 1. The van der Waals surface area contributed by atoms with E-state index in [1.54, 1.807) is 0 Å². The fourth-order valence-electron chi connectivity index (χ4n) is 3.19. The van der Waals surface area contributed by atoms with Crippen molar-refractivity contribution in [2.24, 2.45) is 11.3 Å². The van der Waals surface area contributed by atoms with Crippen molar-refractivity contribution in [3.63, 3.8) is 0 Å². The molecule has 0 radical (unpaired) electrons. The molecule has 2 aliphatic rings. The third-order valence-corrected chi connectivity index (χ3v) is 4.22. The molecule has 0 amide bonds. The number of hydrogen-bond acceptors (Lipinski definition) is 2. The van der Waals surface area contributed by atoms with Gasteiger partial charge in [-0.3, -0.25) is 4.79 Å². The van der Waals surface area contributed by atoms with E-state index in [9.17, 15) is 4.79 Å². The Morgan fingerprint density at radius 2 is 2.13 bits per heavy atom. The van der Waals surface area contributed by atoms with Gasteiger partial charge in [-0.2, -0.15) is 0 Å². The molecule has 2 rings (SSSR count). The zero-order chi connectivity index (χ0) is 10.9. The molecule has 1 saturated carbocycles. The molecule has 0 bridgehead atoms. The zero-order valence-corrected chi connectivity index (χ0v) is 9.92. The van der Waals surface area contributed by atoms with Gasteiger partial charge < -0.3 is 4.74 Å². The van der Waals surface area contributed by atoms with Gasteiger partial charge in [-0.05, 0) is 25.2 Å². The van der Waals surface area contributed by atoms with Gasteiger partial charge in [-0.1, -0.05) is 33.1 Å². The first-order valence-electron chi connectivity index (χ1n) is 6.39. The fraction of sp³-hybridized carbons (Fsp3) is 0.923. The standard InChI is InChI=1S/C13H22O2/c1-3-6-10(2)11-9-13(12(14)15-11)7-4-5-8-13/h10-11H,3-9H2,1-2H3/t10?,11-/m1/s1. The zero-order valence-electron chi connectivity index (χ0n) is 9.92. The highest BCUT2D eigenvalue weighted by Crippen LogP contribution is 2.49. The maximum atomic E-state index is 11.9. The Labute approximate surface area is 92.4 Å². The van der Waals surface area contributed by atoms with E-state index < -0.39 is 0 Å². The molecule has 1 aliphatic carbocycles. The molecule has 15 heavy (non-hydrogen) atoms. The third-order valence-electron chi connectivity index (χ3n) is 4.22. The quantitative estimate of drug-likeness (QED) is 0.668. The van der Waals surface area contributed by atoms with Gasteiger partial charge in [-0.15, -0.1) is 0 Å². The normalized spacial score (nSPS) is 30.8. The highest BCUT2D eigenvalue weighted by atomic mass is 16.6. The lowest BCUT2D eigenvalue weighted by Crippen LogP contribution is -2.22. The Morgan fingerprint density at radius 1 is 1.47 bits per heavy atom. The molecule has 2 fully saturated rings. The summed E-state index contributed by atoms with van der Waals surface area (Å²) in [4.78, 5) is 11.9. The van der Waals surface area contributed by atoms with Gasteiger partial charge in [0.15, 0.2) is 0 Å². The predicted octanol–water partition coefficient (Wildman–Crippen LogP) is 3.30. The van der Waals surface area contributed by atoms with E-state index >= 15 is 0 Å². The molecule has 2 heteroatoms. The summed E-state index contributed by atoms with van der Waals surface area (Å²) in [5, 5.41) is 0. The lowest BCUT2D eigenvalue weighted by atomic mass is 9.80. The van der Waals surface area contributed by atoms with Crippen molar-refractivity contribution in [3.05, 3.63) is 0 Å². The van der Waals surface area contributed by atoms with Crippen molar-refractivity contribution in [1.82, 2.24) is 0 Å². The Kier molecular flexibility index (Phi) is 3.03. The van der Waals surface area contributed by atoms with Crippen LogP contribution in [0.15, 0.2) is 0 Å². The summed E-state index contributed by atoms with van der Waals surface area (Å²) in [5.74, 6) is 0.645. The predicted molar refractivity (Wildman–Crippen MR) is 59.5 cm³/mol. The van der Waals surface area contributed by atoms with Crippen LogP contribution in [0.4, 0.5) is 0 Å². The van der Waals surface area contributed by atoms with Crippen LogP contribution in [0, 0.1) is 11.3 Å². The van der Waals surface area contributed by atoms with E-state index in [-0.39, 0.29) is 17.5 Å². The molecule has 1 spiro atoms. The minimum Gasteiger partial charge on any atom is -0.462 e. The molecule has 1 saturated heterocycles. The van der Waals surface area contributed by atoms with Gasteiger partial charge in [0, 0.05) is 6.42 Å². The molecule has 0 N–H and O–H groups in total. The average molecular weight is 210 g/mol. The molecule has 1 heterocycles. The lowest BCUT2D eigenvalue weighted by Gasteiger charge is -2.19. The van der Waals surface area contributed by atoms with Crippen LogP contribution in [0.2, 0.25) is 0 Å². The van der Waals surface area contributed by atoms with E-state index in [0.29, 0.717) is 5.92 Å². The molecule has 2 atom stereocenters. The number of cyclic esters (lactones) is 1. The van der Waals surface area contributed by atoms with Gasteiger partial charge >= 0.3 is 5.97 Å². The number of carbonyl (C=O) groups excluding carboxylic acids is 1. The fourth-order valence-corrected chi connectivity index (χ4v) is 3.19. The third kappa shape index (κ3) is 1.91. The second-order valence-electron chi connectivity index (χ2n) is 5.40. The second-order valence-corrected chi connectivity index (χ2v) is 5.40. The van der Waals surface area contributed by atoms with Crippen LogP contribution in [0.1, 0.15) is 58.8 Å². The van der Waals surface area contributed by atoms with Crippen LogP contribution >= 0.6 is 0 Å². The monoisotopic (exact) mass is 210 g/mol. The van der Waals surface area contributed by atoms with Crippen LogP contribution in [0.25, 0.3) is 0 Å². The summed E-state index contributed by atoms with van der Waals surface area (Å²) in [6.07, 6.45) is 8.12. The number of carbonyl (C=O) groups is 1. The average Bonchev–Trinajstić information content (AvgIpc) is 2.78. The Morgan fingerprint density at radius 3 is 2.73 bits per heavy atom. The second kappa shape index (κ2) is 4.15. The van der Waals surface area contributed by atoms with Crippen molar-refractivity contribution >= 4 is 5.97 Å². The summed E-state index contributed by atoms with van der Waals surface area (Å²) in [6, 6.07) is 0. The molecule has 0 aromatic carbocycles. The maximum Gasteiger partial charge on any atom is 0.312 e. The molecular weight excluding hydrogens is 188 g/mol. The summed E-state index contributed by atoms with van der Waals surface area (Å²) in [7, 11) is 0. The minimum atomic E-state index is -0.0628. The molecule has 0 aromatic heterocycles. The van der Waals surface area contributed by atoms with Gasteiger partial charge in [0.1, 0.15) is 6.10 Å². The smallest absolute Gasteiger partial charge is 0.312 e. The van der Waals surface area contributed by atoms with Crippen LogP contribution in [0.5, 0.6) is 0 Å². The lowest BCUT2D eigenvalue weighted by molar-refractivity contribution is -0.149. The molecule has 86 valence electrons. The molecule has 1 unspecified atom stereocenters. The summed E-state index contributed by atoms with van der Waals surface area (Å²) in [5.41, 5.74) is -0.0628. The highest BCUT2D eigenvalue weighted by molar-refractivity contribution is 5.79. The number of hydrogen-bond donors (Lipinski definition) is 0. The van der Waals surface area contributed by atoms with Gasteiger partial charge in [0.05, 0.1) is 5.41 Å². The van der Waals surface area contributed by atoms with Crippen molar-refractivity contribution in [2.45, 2.75) is 64.9 Å². The number of esters is 1. The van der Waals surface area contributed by atoms with Crippen LogP contribution in [-0.2, 0) is 9.53 Å². The Hall–Kier alpha value is -0.530. The van der Waals surface area contributed by atoms with Crippen LogP contribution in [-0.4, -0.2) is 12.1 Å². The van der Waals surface area contributed by atoms with E-state index in [4.69, 9.17) is 4.74 Å². The SMILES string of the molecule is CCCC(C)[C@H]1CC2(CCCC2)C(=O)O1. The van der Waals surface area contributed by atoms with Gasteiger partial charge in [-0.25, -0.2) is 0 Å². The van der Waals surface area contributed by atoms with Crippen molar-refractivity contribution in [2.75, 3.05) is 0 Å². The topological polar surface area (TPSA) is 26.3 Å². The summed E-state index contributed by atoms with van der Waals surface area (Å²) >= 11 is 0. The van der Waals surface area contributed by atoms with E-state index in [2.05, 4.69) is 13.8 Å². The summed E-state index contributed by atoms with van der Waals surface area (Å²) < 4.78 is 5.57. The molecule has 0 aromatic rings. The molecule has 1 aliphatic heterocycles. The Bertz CT molecular complexity index is 241. The van der Waals surface area contributed by atoms with E-state index in [1.807, 2.05) is 0 Å². The van der Waals surface area contributed by atoms with E-state index in [0.717, 1.165) is 19.3 Å². The number of rotatable bonds is 3. The van der Waals surface area contributed by atoms with E-state index in [1.165, 1.54) is 25.7 Å². The van der Waals surface area contributed by atoms with Crippen molar-refractivity contribution in [1.29, 1.82) is 0 Å². The van der Waals surface area contributed by atoms with Crippen LogP contribution in [0.3, 0.4) is 0 Å². The highest BCUT2D eigenvalue weighted by Gasteiger charge is 2.51. The van der Waals surface area contributed by atoms with Crippen molar-refractivity contribution < 1.29 is 9.53 Å². The van der Waals surface area contributed by atoms with Crippen LogP contribution < -0.4 is 0 Å². The van der Waals surface area contributed by atoms with Gasteiger partial charge in [0.25, 0.3) is 0 Å². The maximum absolute atomic E-state index is 11.9. The largest absolute Gasteiger partial charge is 0.462 e. The van der Waals surface area contributed by atoms with Gasteiger partial charge in [0.2, 0.25) is 0 Å². The van der Waals surface area contributed by atoms with Crippen molar-refractivity contribution in [3.8, 4) is 0 Å². The Balaban J connectivity index is 2.00.